The van der Waals surface area contributed by atoms with E-state index < -0.39 is 24.0 Å². The summed E-state index contributed by atoms with van der Waals surface area (Å²) in [5.74, 6) is 0.314. The largest absolute Gasteiger partial charge is 0.387 e. The van der Waals surface area contributed by atoms with Gasteiger partial charge in [-0.25, -0.2) is 15.0 Å². The van der Waals surface area contributed by atoms with Crippen molar-refractivity contribution in [1.29, 1.82) is 0 Å². The van der Waals surface area contributed by atoms with Crippen LogP contribution in [0.3, 0.4) is 0 Å². The highest BCUT2D eigenvalue weighted by Gasteiger charge is 2.68. The molecule has 5 atom stereocenters. The van der Waals surface area contributed by atoms with Crippen molar-refractivity contribution in [3.63, 3.8) is 0 Å². The van der Waals surface area contributed by atoms with Gasteiger partial charge in [-0.2, -0.15) is 0 Å². The number of anilines is 1. The van der Waals surface area contributed by atoms with E-state index in [1.807, 2.05) is 0 Å². The molecule has 0 bridgehead atoms. The minimum atomic E-state index is -1.07. The molecule has 6 N–H and O–H groups in total. The number of aliphatic hydroxyl groups is 2. The van der Waals surface area contributed by atoms with Gasteiger partial charge >= 0.3 is 0 Å². The number of aromatic nitrogens is 4. The molecule has 2 aromatic rings. The third-order valence-corrected chi connectivity index (χ3v) is 4.50. The normalized spacial score (nSPS) is 38.4. The Labute approximate surface area is 119 Å². The van der Waals surface area contributed by atoms with Gasteiger partial charge in [0.1, 0.15) is 29.7 Å². The van der Waals surface area contributed by atoms with Crippen LogP contribution in [0.2, 0.25) is 0 Å². The van der Waals surface area contributed by atoms with Crippen molar-refractivity contribution in [1.82, 2.24) is 19.5 Å². The first kappa shape index (κ1) is 12.9. The molecule has 1 saturated heterocycles. The van der Waals surface area contributed by atoms with Crippen LogP contribution < -0.4 is 11.5 Å². The number of hydrogen-bond donors (Lipinski definition) is 4. The predicted octanol–water partition coefficient (Wildman–Crippen LogP) is -1.62. The molecule has 2 aliphatic rings. The van der Waals surface area contributed by atoms with E-state index in [9.17, 15) is 10.2 Å². The number of fused-ring (bicyclic) bond motifs is 1. The fourth-order valence-electron chi connectivity index (χ4n) is 3.20. The van der Waals surface area contributed by atoms with Gasteiger partial charge in [-0.1, -0.05) is 0 Å². The second-order valence-corrected chi connectivity index (χ2v) is 5.62. The summed E-state index contributed by atoms with van der Waals surface area (Å²) >= 11 is 0. The summed E-state index contributed by atoms with van der Waals surface area (Å²) in [6.07, 6.45) is 0.624. The molecule has 2 aromatic heterocycles. The summed E-state index contributed by atoms with van der Waals surface area (Å²) in [5.41, 5.74) is 11.5. The zero-order chi connectivity index (χ0) is 14.8. The standard InChI is InChI=1S/C12H16N6O3/c13-2-5-1-12(5)8(20)7(19)11(21-12)18-4-17-6-9(14)15-3-16-10(6)18/h3-5,7-8,11,19-20H,1-2,13H2,(H2,14,15,16)/t5-,7?,8-,11?,12+/m1/s1. The van der Waals surface area contributed by atoms with Crippen LogP contribution in [0.1, 0.15) is 12.6 Å². The van der Waals surface area contributed by atoms with Crippen molar-refractivity contribution in [2.45, 2.75) is 30.5 Å². The Bertz CT molecular complexity index is 705. The Morgan fingerprint density at radius 1 is 1.38 bits per heavy atom. The van der Waals surface area contributed by atoms with Crippen LogP contribution >= 0.6 is 0 Å². The third-order valence-electron chi connectivity index (χ3n) is 4.50. The Morgan fingerprint density at radius 2 is 2.19 bits per heavy atom. The average Bonchev–Trinajstić information content (AvgIpc) is 2.94. The van der Waals surface area contributed by atoms with Gasteiger partial charge in [0.15, 0.2) is 17.7 Å². The third kappa shape index (κ3) is 1.57. The Hall–Kier alpha value is -1.81. The SMILES string of the molecule is NC[C@H]1C[C@]12OC(n1cnc3c(N)ncnc31)C(O)[C@H]2O. The van der Waals surface area contributed by atoms with E-state index in [0.717, 1.165) is 0 Å². The van der Waals surface area contributed by atoms with E-state index in [4.69, 9.17) is 16.2 Å². The van der Waals surface area contributed by atoms with Crippen molar-refractivity contribution in [3.8, 4) is 0 Å². The number of nitrogens with zero attached hydrogens (tertiary/aromatic N) is 4. The lowest BCUT2D eigenvalue weighted by atomic mass is 10.1. The molecule has 2 fully saturated rings. The zero-order valence-electron chi connectivity index (χ0n) is 11.1. The molecular formula is C12H16N6O3. The van der Waals surface area contributed by atoms with E-state index in [-0.39, 0.29) is 11.7 Å². The van der Waals surface area contributed by atoms with Gasteiger partial charge in [-0.15, -0.1) is 0 Å². The maximum Gasteiger partial charge on any atom is 0.167 e. The number of nitrogens with two attached hydrogens (primary N) is 2. The number of ether oxygens (including phenoxy) is 1. The molecule has 0 amide bonds. The van der Waals surface area contributed by atoms with Crippen molar-refractivity contribution in [3.05, 3.63) is 12.7 Å². The topological polar surface area (TPSA) is 145 Å². The van der Waals surface area contributed by atoms with Gasteiger partial charge in [0, 0.05) is 5.92 Å². The fourth-order valence-corrected chi connectivity index (χ4v) is 3.20. The van der Waals surface area contributed by atoms with Gasteiger partial charge in [-0.05, 0) is 13.0 Å². The Morgan fingerprint density at radius 3 is 2.90 bits per heavy atom. The molecule has 0 aromatic carbocycles. The lowest BCUT2D eigenvalue weighted by Gasteiger charge is -2.16. The first-order valence-electron chi connectivity index (χ1n) is 6.75. The monoisotopic (exact) mass is 292 g/mol. The number of nitrogen functional groups attached to an aromatic ring is 1. The number of hydrogen-bond acceptors (Lipinski definition) is 8. The minimum absolute atomic E-state index is 0.0571. The smallest absolute Gasteiger partial charge is 0.167 e. The van der Waals surface area contributed by atoms with Crippen molar-refractivity contribution in [2.24, 2.45) is 11.7 Å². The van der Waals surface area contributed by atoms with Gasteiger partial charge < -0.3 is 26.4 Å². The molecule has 4 rings (SSSR count). The summed E-state index contributed by atoms with van der Waals surface area (Å²) in [7, 11) is 0. The predicted molar refractivity (Wildman–Crippen MR) is 71.8 cm³/mol. The summed E-state index contributed by atoms with van der Waals surface area (Å²) < 4.78 is 7.49. The molecule has 112 valence electrons. The molecule has 9 heteroatoms. The molecule has 9 nitrogen and oxygen atoms in total. The van der Waals surface area contributed by atoms with Crippen LogP contribution in [0, 0.1) is 5.92 Å². The maximum absolute atomic E-state index is 10.3. The van der Waals surface area contributed by atoms with E-state index in [2.05, 4.69) is 15.0 Å². The highest BCUT2D eigenvalue weighted by molar-refractivity contribution is 5.81. The van der Waals surface area contributed by atoms with Crippen LogP contribution in [0.5, 0.6) is 0 Å². The molecule has 1 saturated carbocycles. The summed E-state index contributed by atoms with van der Waals surface area (Å²) in [6, 6.07) is 0. The van der Waals surface area contributed by atoms with Crippen molar-refractivity contribution < 1.29 is 14.9 Å². The highest BCUT2D eigenvalue weighted by atomic mass is 16.6. The lowest BCUT2D eigenvalue weighted by Crippen LogP contribution is -2.34. The van der Waals surface area contributed by atoms with E-state index in [1.165, 1.54) is 12.7 Å². The van der Waals surface area contributed by atoms with E-state index >= 15 is 0 Å². The number of rotatable bonds is 2. The lowest BCUT2D eigenvalue weighted by molar-refractivity contribution is -0.0526. The highest BCUT2D eigenvalue weighted by Crippen LogP contribution is 2.57. The van der Waals surface area contributed by atoms with Crippen LogP contribution in [-0.2, 0) is 4.74 Å². The molecule has 0 radical (unpaired) electrons. The Kier molecular flexibility index (Phi) is 2.52. The van der Waals surface area contributed by atoms with Crippen molar-refractivity contribution >= 4 is 17.0 Å². The Balaban J connectivity index is 1.75. The molecular weight excluding hydrogens is 276 g/mol. The fraction of sp³-hybridized carbons (Fsp3) is 0.583. The molecule has 21 heavy (non-hydrogen) atoms. The molecule has 1 aliphatic heterocycles. The number of aliphatic hydroxyl groups excluding tert-OH is 2. The van der Waals surface area contributed by atoms with Crippen molar-refractivity contribution in [2.75, 3.05) is 12.3 Å². The van der Waals surface area contributed by atoms with Crippen LogP contribution in [0.4, 0.5) is 5.82 Å². The summed E-state index contributed by atoms with van der Waals surface area (Å²) in [5, 5.41) is 20.6. The van der Waals surface area contributed by atoms with E-state index in [1.54, 1.807) is 4.57 Å². The maximum atomic E-state index is 10.3. The number of imidazole rings is 1. The zero-order valence-corrected chi connectivity index (χ0v) is 11.1. The summed E-state index contributed by atoms with van der Waals surface area (Å²) in [6.45, 7) is 0.413. The molecule has 1 spiro atoms. The quantitative estimate of drug-likeness (QED) is 0.516. The van der Waals surface area contributed by atoms with Gasteiger partial charge in [0.2, 0.25) is 0 Å². The first-order chi connectivity index (χ1) is 10.1. The molecule has 1 aliphatic carbocycles. The average molecular weight is 292 g/mol. The second kappa shape index (κ2) is 4.10. The summed E-state index contributed by atoms with van der Waals surface area (Å²) in [4.78, 5) is 12.1. The molecule has 3 heterocycles. The van der Waals surface area contributed by atoms with Gasteiger partial charge in [0.25, 0.3) is 0 Å². The van der Waals surface area contributed by atoms with Crippen LogP contribution in [-0.4, -0.2) is 54.1 Å². The van der Waals surface area contributed by atoms with Crippen LogP contribution in [0.15, 0.2) is 12.7 Å². The first-order valence-corrected chi connectivity index (χ1v) is 6.75. The van der Waals surface area contributed by atoms with Crippen LogP contribution in [0.25, 0.3) is 11.2 Å². The van der Waals surface area contributed by atoms with E-state index in [0.29, 0.717) is 24.1 Å². The van der Waals surface area contributed by atoms with Gasteiger partial charge in [0.05, 0.1) is 6.33 Å². The molecule has 2 unspecified atom stereocenters. The second-order valence-electron chi connectivity index (χ2n) is 5.62. The van der Waals surface area contributed by atoms with Gasteiger partial charge in [-0.3, -0.25) is 4.57 Å². The minimum Gasteiger partial charge on any atom is -0.387 e.